The van der Waals surface area contributed by atoms with Crippen molar-refractivity contribution in [2.45, 2.75) is 34.4 Å². The summed E-state index contributed by atoms with van der Waals surface area (Å²) in [4.78, 5) is 14.6. The number of rotatable bonds is 3. The van der Waals surface area contributed by atoms with Gasteiger partial charge in [-0.05, 0) is 22.0 Å². The average Bonchev–Trinajstić information content (AvgIpc) is 3.01. The van der Waals surface area contributed by atoms with Crippen LogP contribution in [0.1, 0.15) is 12.5 Å². The molecule has 0 aliphatic carbocycles. The Kier molecular flexibility index (Phi) is 4.85. The van der Waals surface area contributed by atoms with Crippen LogP contribution in [-0.4, -0.2) is 59.8 Å². The van der Waals surface area contributed by atoms with E-state index in [9.17, 15) is 25.2 Å². The molecule has 0 saturated carbocycles. The highest BCUT2D eigenvalue weighted by atomic mass is 79.9. The lowest BCUT2D eigenvalue weighted by atomic mass is 9.76. The summed E-state index contributed by atoms with van der Waals surface area (Å²) < 4.78 is 3.10. The topological polar surface area (TPSA) is 135 Å². The zero-order chi connectivity index (χ0) is 19.3. The smallest absolute Gasteiger partial charge is 0.217 e. The molecule has 0 unspecified atom stereocenters. The SMILES string of the molecule is CC(=O)N[C@H]1[C@H](O)O[C@](Br)(CO)[C@](O)(Cl)[C@@]1(O)c1c[nH]c2ccccc12. The molecule has 10 heteroatoms. The Labute approximate surface area is 161 Å². The van der Waals surface area contributed by atoms with Crippen molar-refractivity contribution >= 4 is 44.3 Å². The van der Waals surface area contributed by atoms with Gasteiger partial charge in [0.15, 0.2) is 16.4 Å². The zero-order valence-electron chi connectivity index (χ0n) is 13.6. The minimum Gasteiger partial charge on any atom is -0.392 e. The van der Waals surface area contributed by atoms with E-state index in [0.29, 0.717) is 10.9 Å². The van der Waals surface area contributed by atoms with Crippen LogP contribution >= 0.6 is 27.5 Å². The third-order valence-corrected chi connectivity index (χ3v) is 6.44. The summed E-state index contributed by atoms with van der Waals surface area (Å²) in [6.07, 6.45) is -0.376. The summed E-state index contributed by atoms with van der Waals surface area (Å²) in [6.45, 7) is 0.305. The predicted octanol–water partition coefficient (Wildman–Crippen LogP) is 0.220. The quantitative estimate of drug-likeness (QED) is 0.371. The lowest BCUT2D eigenvalue weighted by molar-refractivity contribution is -0.316. The van der Waals surface area contributed by atoms with Crippen LogP contribution in [-0.2, 0) is 15.1 Å². The Morgan fingerprint density at radius 3 is 2.69 bits per heavy atom. The van der Waals surface area contributed by atoms with E-state index in [1.807, 2.05) is 0 Å². The van der Waals surface area contributed by atoms with Crippen LogP contribution in [0.2, 0.25) is 0 Å². The van der Waals surface area contributed by atoms with Gasteiger partial charge in [0.2, 0.25) is 11.0 Å². The number of amides is 1. The molecule has 2 heterocycles. The third-order valence-electron chi connectivity index (χ3n) is 4.60. The molecule has 3 rings (SSSR count). The minimum absolute atomic E-state index is 0.115. The van der Waals surface area contributed by atoms with Gasteiger partial charge in [-0.1, -0.05) is 29.8 Å². The van der Waals surface area contributed by atoms with Gasteiger partial charge in [0.25, 0.3) is 0 Å². The van der Waals surface area contributed by atoms with E-state index in [2.05, 4.69) is 26.2 Å². The van der Waals surface area contributed by atoms with Crippen molar-refractivity contribution in [1.29, 1.82) is 0 Å². The zero-order valence-corrected chi connectivity index (χ0v) is 16.0. The molecule has 6 N–H and O–H groups in total. The Morgan fingerprint density at radius 2 is 2.08 bits per heavy atom. The van der Waals surface area contributed by atoms with Gasteiger partial charge in [0.05, 0.1) is 6.61 Å². The van der Waals surface area contributed by atoms with E-state index in [1.165, 1.54) is 13.1 Å². The molecular weight excluding hydrogens is 432 g/mol. The van der Waals surface area contributed by atoms with Gasteiger partial charge >= 0.3 is 0 Å². The molecule has 2 aromatic rings. The number of nitrogens with one attached hydrogen (secondary N) is 2. The second-order valence-corrected chi connectivity index (χ2v) is 8.04. The number of H-pyrrole nitrogens is 1. The van der Waals surface area contributed by atoms with E-state index < -0.39 is 40.0 Å². The van der Waals surface area contributed by atoms with Crippen LogP contribution in [0, 0.1) is 0 Å². The highest BCUT2D eigenvalue weighted by molar-refractivity contribution is 9.10. The Bertz CT molecular complexity index is 845. The third kappa shape index (κ3) is 2.58. The molecule has 1 saturated heterocycles. The predicted molar refractivity (Wildman–Crippen MR) is 96.4 cm³/mol. The number of alkyl halides is 2. The van der Waals surface area contributed by atoms with Gasteiger partial charge in [-0.3, -0.25) is 4.79 Å². The number of fused-ring (bicyclic) bond motifs is 1. The first-order chi connectivity index (χ1) is 12.1. The molecule has 1 aromatic heterocycles. The Morgan fingerprint density at radius 1 is 1.42 bits per heavy atom. The molecule has 26 heavy (non-hydrogen) atoms. The summed E-state index contributed by atoms with van der Waals surface area (Å²) in [5.74, 6) is -0.588. The monoisotopic (exact) mass is 448 g/mol. The largest absolute Gasteiger partial charge is 0.392 e. The number of hydrogen-bond donors (Lipinski definition) is 6. The van der Waals surface area contributed by atoms with Gasteiger partial charge in [-0.2, -0.15) is 0 Å². The molecular formula is C16H18BrClN2O6. The Hall–Kier alpha value is -1.20. The van der Waals surface area contributed by atoms with Gasteiger partial charge < -0.3 is 35.5 Å². The normalized spacial score (nSPS) is 37.7. The second-order valence-electron chi connectivity index (χ2n) is 6.21. The summed E-state index contributed by atoms with van der Waals surface area (Å²) in [7, 11) is 0. The molecule has 0 bridgehead atoms. The molecule has 1 aliphatic rings. The summed E-state index contributed by atoms with van der Waals surface area (Å²) >= 11 is 9.30. The molecule has 1 amide bonds. The Balaban J connectivity index is 2.29. The lowest BCUT2D eigenvalue weighted by Gasteiger charge is -2.56. The fraction of sp³-hybridized carbons (Fsp3) is 0.438. The van der Waals surface area contributed by atoms with Crippen LogP contribution in [0.4, 0.5) is 0 Å². The number of benzene rings is 1. The molecule has 1 aliphatic heterocycles. The van der Waals surface area contributed by atoms with Crippen molar-refractivity contribution in [1.82, 2.24) is 10.3 Å². The van der Waals surface area contributed by atoms with Crippen LogP contribution in [0.15, 0.2) is 30.5 Å². The number of aromatic amines is 1. The number of carbonyl (C=O) groups is 1. The van der Waals surface area contributed by atoms with E-state index >= 15 is 0 Å². The number of ether oxygens (including phenoxy) is 1. The van der Waals surface area contributed by atoms with Crippen LogP contribution in [0.25, 0.3) is 10.9 Å². The second kappa shape index (κ2) is 6.45. The highest BCUT2D eigenvalue weighted by Gasteiger charge is 2.72. The van der Waals surface area contributed by atoms with Crippen LogP contribution in [0.5, 0.6) is 0 Å². The number of para-hydroxylation sites is 1. The molecule has 1 aromatic carbocycles. The maximum Gasteiger partial charge on any atom is 0.217 e. The number of aromatic nitrogens is 1. The highest BCUT2D eigenvalue weighted by Crippen LogP contribution is 2.55. The maximum atomic E-state index is 11.6. The van der Waals surface area contributed by atoms with Crippen molar-refractivity contribution in [2.75, 3.05) is 6.61 Å². The molecule has 5 atom stereocenters. The fourth-order valence-electron chi connectivity index (χ4n) is 3.30. The molecule has 0 spiro atoms. The minimum atomic E-state index is -2.67. The van der Waals surface area contributed by atoms with Gasteiger partial charge in [0.1, 0.15) is 6.04 Å². The molecule has 8 nitrogen and oxygen atoms in total. The molecule has 0 radical (unpaired) electrons. The number of hydrogen-bond acceptors (Lipinski definition) is 6. The average molecular weight is 450 g/mol. The van der Waals surface area contributed by atoms with E-state index in [1.54, 1.807) is 24.3 Å². The first-order valence-electron chi connectivity index (χ1n) is 7.71. The molecule has 142 valence electrons. The number of carbonyl (C=O) groups excluding carboxylic acids is 1. The fourth-order valence-corrected chi connectivity index (χ4v) is 4.12. The van der Waals surface area contributed by atoms with Crippen molar-refractivity contribution in [3.63, 3.8) is 0 Å². The maximum absolute atomic E-state index is 11.6. The lowest BCUT2D eigenvalue weighted by Crippen LogP contribution is -2.77. The van der Waals surface area contributed by atoms with Crippen molar-refractivity contribution in [3.05, 3.63) is 36.0 Å². The first kappa shape index (κ1) is 19.6. The van der Waals surface area contributed by atoms with Crippen molar-refractivity contribution < 1.29 is 30.0 Å². The summed E-state index contributed by atoms with van der Waals surface area (Å²) in [5.41, 5.74) is -1.69. The van der Waals surface area contributed by atoms with E-state index in [-0.39, 0.29) is 5.56 Å². The van der Waals surface area contributed by atoms with Gasteiger partial charge in [-0.25, -0.2) is 0 Å². The molecule has 1 fully saturated rings. The van der Waals surface area contributed by atoms with Crippen LogP contribution < -0.4 is 5.32 Å². The van der Waals surface area contributed by atoms with E-state index in [0.717, 1.165) is 0 Å². The van der Waals surface area contributed by atoms with Crippen molar-refractivity contribution in [3.8, 4) is 0 Å². The van der Waals surface area contributed by atoms with Crippen LogP contribution in [0.3, 0.4) is 0 Å². The van der Waals surface area contributed by atoms with Crippen molar-refractivity contribution in [2.24, 2.45) is 0 Å². The standard InChI is InChI=1S/C16H18BrClN2O6/c1-8(22)20-12-13(23)26-14(17,7-21)16(18,25)15(12,24)10-6-19-11-5-3-2-4-9(10)11/h2-6,12-13,19,21,23-25H,7H2,1H3,(H,20,22)/t12-,13+,14+,15+,16+/m0/s1. The van der Waals surface area contributed by atoms with Gasteiger partial charge in [-0.15, -0.1) is 0 Å². The van der Waals surface area contributed by atoms with E-state index in [4.69, 9.17) is 16.3 Å². The first-order valence-corrected chi connectivity index (χ1v) is 8.88. The summed E-state index contributed by atoms with van der Waals surface area (Å²) in [5, 5.41) is 42.9. The number of aliphatic hydroxyl groups is 4. The number of aliphatic hydroxyl groups excluding tert-OH is 2. The van der Waals surface area contributed by atoms with Gasteiger partial charge in [0, 0.05) is 29.6 Å². The summed E-state index contributed by atoms with van der Waals surface area (Å²) in [6, 6.07) is 5.37. The number of halogens is 2.